The molecule has 6 aliphatic carbocycles. The van der Waals surface area contributed by atoms with Gasteiger partial charge in [0.2, 0.25) is 0 Å². The Hall–Kier alpha value is -4.94. The summed E-state index contributed by atoms with van der Waals surface area (Å²) < 4.78 is 0. The Morgan fingerprint density at radius 2 is 0.907 bits per heavy atom. The maximum absolute atomic E-state index is 2.60. The lowest BCUT2D eigenvalue weighted by molar-refractivity contribution is -0.00382. The Morgan fingerprint density at radius 1 is 0.389 bits per heavy atom. The minimum absolute atomic E-state index is 0.0311. The summed E-state index contributed by atoms with van der Waals surface area (Å²) in [7, 11) is 0. The fourth-order valence-electron chi connectivity index (χ4n) is 13.5. The highest BCUT2D eigenvalue weighted by molar-refractivity contribution is 6.18. The van der Waals surface area contributed by atoms with Gasteiger partial charge in [0.05, 0.1) is 0 Å². The van der Waals surface area contributed by atoms with E-state index in [0.29, 0.717) is 0 Å². The number of benzene rings is 7. The minimum Gasteiger partial charge on any atom is -0.0619 e. The molecule has 0 unspecified atom stereocenters. The highest BCUT2D eigenvalue weighted by Crippen LogP contribution is 2.64. The predicted molar refractivity (Wildman–Crippen MR) is 227 cm³/mol. The second-order valence-electron chi connectivity index (χ2n) is 19.1. The molecule has 0 spiro atoms. The highest BCUT2D eigenvalue weighted by Gasteiger charge is 2.53. The van der Waals surface area contributed by atoms with Gasteiger partial charge in [-0.05, 0) is 168 Å². The van der Waals surface area contributed by atoms with Crippen molar-refractivity contribution in [1.82, 2.24) is 0 Å². The van der Waals surface area contributed by atoms with Gasteiger partial charge in [0.1, 0.15) is 0 Å². The van der Waals surface area contributed by atoms with E-state index in [1.807, 2.05) is 0 Å². The molecule has 0 heteroatoms. The van der Waals surface area contributed by atoms with Crippen LogP contribution >= 0.6 is 0 Å². The van der Waals surface area contributed by atoms with Gasteiger partial charge < -0.3 is 0 Å². The zero-order valence-corrected chi connectivity index (χ0v) is 32.1. The summed E-state index contributed by atoms with van der Waals surface area (Å²) in [5.41, 5.74) is 18.6. The maximum atomic E-state index is 2.60. The molecule has 0 radical (unpaired) electrons. The van der Waals surface area contributed by atoms with E-state index in [2.05, 4.69) is 155 Å². The smallest absolute Gasteiger partial charge is 0.0159 e. The molecule has 0 aliphatic heterocycles. The molecule has 4 bridgehead atoms. The molecule has 0 nitrogen and oxygen atoms in total. The molecule has 6 aliphatic rings. The molecule has 4 saturated carbocycles. The third-order valence-corrected chi connectivity index (χ3v) is 15.4. The lowest BCUT2D eigenvalue weighted by Crippen LogP contribution is -2.48. The first-order valence-corrected chi connectivity index (χ1v) is 20.7. The first-order valence-electron chi connectivity index (χ1n) is 20.7. The van der Waals surface area contributed by atoms with Crippen molar-refractivity contribution < 1.29 is 0 Å². The van der Waals surface area contributed by atoms with Crippen molar-refractivity contribution in [2.24, 2.45) is 17.8 Å². The van der Waals surface area contributed by atoms with Gasteiger partial charge in [-0.1, -0.05) is 143 Å². The molecule has 264 valence electrons. The van der Waals surface area contributed by atoms with Gasteiger partial charge in [0.15, 0.2) is 0 Å². The molecule has 0 atom stereocenters. The molecular weight excluding hydrogens is 649 g/mol. The van der Waals surface area contributed by atoms with E-state index in [0.717, 1.165) is 17.8 Å². The maximum Gasteiger partial charge on any atom is 0.0159 e. The van der Waals surface area contributed by atoms with E-state index in [9.17, 15) is 0 Å². The summed E-state index contributed by atoms with van der Waals surface area (Å²) in [5, 5.41) is 5.84. The standard InChI is InChI=1S/C54H48/c1-52(2)46-18-10-8-15-42(46)50-43(16-11-19-47(50)52)49-39-13-5-6-14-40(39)51(54-29-32-24-33(30-54)26-34(25-32)31-54)41-23-21-35(27-44(41)49)36-20-22-38-37-12-7-9-17-45(37)53(3,4)48(38)28-36/h5-23,27-28,32-34H,24-26,29-31H2,1-4H3. The van der Waals surface area contributed by atoms with Gasteiger partial charge in [-0.15, -0.1) is 0 Å². The monoisotopic (exact) mass is 696 g/mol. The lowest BCUT2D eigenvalue weighted by Gasteiger charge is -2.57. The molecule has 0 aromatic heterocycles. The molecule has 4 fully saturated rings. The van der Waals surface area contributed by atoms with Crippen LogP contribution in [0.1, 0.15) is 94.0 Å². The Bertz CT molecular complexity index is 2720. The van der Waals surface area contributed by atoms with Crippen molar-refractivity contribution in [3.05, 3.63) is 155 Å². The van der Waals surface area contributed by atoms with E-state index in [4.69, 9.17) is 0 Å². The lowest BCUT2D eigenvalue weighted by atomic mass is 9.47. The second-order valence-corrected chi connectivity index (χ2v) is 19.1. The zero-order valence-electron chi connectivity index (χ0n) is 32.1. The van der Waals surface area contributed by atoms with Crippen molar-refractivity contribution in [2.45, 2.75) is 82.5 Å². The average Bonchev–Trinajstić information content (AvgIpc) is 3.55. The van der Waals surface area contributed by atoms with Crippen molar-refractivity contribution in [2.75, 3.05) is 0 Å². The first kappa shape index (κ1) is 31.4. The summed E-state index contributed by atoms with van der Waals surface area (Å²) >= 11 is 0. The summed E-state index contributed by atoms with van der Waals surface area (Å²) in [6.07, 6.45) is 8.47. The SMILES string of the molecule is CC1(C)c2ccccc2-c2ccc(-c3ccc4c(C56CC7CC(CC(C7)C5)C6)c5ccccc5c(-c5cccc6c5-c5ccccc5C6(C)C)c4c3)cc21. The van der Waals surface area contributed by atoms with Crippen molar-refractivity contribution in [3.8, 4) is 44.5 Å². The van der Waals surface area contributed by atoms with Crippen LogP contribution in [0.15, 0.2) is 127 Å². The summed E-state index contributed by atoms with van der Waals surface area (Å²) in [5.74, 6) is 2.66. The van der Waals surface area contributed by atoms with Crippen molar-refractivity contribution >= 4 is 21.5 Å². The van der Waals surface area contributed by atoms with Gasteiger partial charge in [-0.25, -0.2) is 0 Å². The number of rotatable bonds is 3. The number of hydrogen-bond acceptors (Lipinski definition) is 0. The Labute approximate surface area is 320 Å². The normalized spacial score (nSPS) is 24.8. The van der Waals surface area contributed by atoms with Gasteiger partial charge in [-0.3, -0.25) is 0 Å². The molecule has 54 heavy (non-hydrogen) atoms. The van der Waals surface area contributed by atoms with Crippen molar-refractivity contribution in [3.63, 3.8) is 0 Å². The van der Waals surface area contributed by atoms with Crippen LogP contribution in [-0.4, -0.2) is 0 Å². The van der Waals surface area contributed by atoms with E-state index >= 15 is 0 Å². The summed E-state index contributed by atoms with van der Waals surface area (Å²) in [4.78, 5) is 0. The molecule has 7 aromatic carbocycles. The van der Waals surface area contributed by atoms with E-state index in [1.165, 1.54) is 127 Å². The van der Waals surface area contributed by atoms with Crippen LogP contribution in [0, 0.1) is 17.8 Å². The molecule has 0 N–H and O–H groups in total. The summed E-state index contributed by atoms with van der Waals surface area (Å²) in [6.45, 7) is 9.64. The van der Waals surface area contributed by atoms with Crippen LogP contribution in [0.2, 0.25) is 0 Å². The largest absolute Gasteiger partial charge is 0.0619 e. The van der Waals surface area contributed by atoms with Gasteiger partial charge in [-0.2, -0.15) is 0 Å². The fraction of sp³-hybridized carbons (Fsp3) is 0.296. The van der Waals surface area contributed by atoms with Gasteiger partial charge in [0, 0.05) is 10.8 Å². The Balaban J connectivity index is 1.17. The topological polar surface area (TPSA) is 0 Å². The Kier molecular flexibility index (Phi) is 6.18. The van der Waals surface area contributed by atoms with Crippen LogP contribution in [0.4, 0.5) is 0 Å². The fourth-order valence-corrected chi connectivity index (χ4v) is 13.5. The molecule has 7 aromatic rings. The van der Waals surface area contributed by atoms with Crippen LogP contribution in [0.3, 0.4) is 0 Å². The highest BCUT2D eigenvalue weighted by atomic mass is 14.6. The van der Waals surface area contributed by atoms with E-state index < -0.39 is 0 Å². The molecule has 13 rings (SSSR count). The van der Waals surface area contributed by atoms with Crippen molar-refractivity contribution in [1.29, 1.82) is 0 Å². The second kappa shape index (κ2) is 10.6. The predicted octanol–water partition coefficient (Wildman–Crippen LogP) is 14.4. The van der Waals surface area contributed by atoms with E-state index in [-0.39, 0.29) is 16.2 Å². The van der Waals surface area contributed by atoms with E-state index in [1.54, 1.807) is 5.56 Å². The third kappa shape index (κ3) is 4.05. The molecule has 0 amide bonds. The number of fused-ring (bicyclic) bond motifs is 8. The van der Waals surface area contributed by atoms with Crippen LogP contribution in [-0.2, 0) is 16.2 Å². The average molecular weight is 697 g/mol. The van der Waals surface area contributed by atoms with Gasteiger partial charge >= 0.3 is 0 Å². The molecule has 0 heterocycles. The zero-order chi connectivity index (χ0) is 36.1. The minimum atomic E-state index is -0.0490. The first-order chi connectivity index (χ1) is 26.2. The molecule has 0 saturated heterocycles. The summed E-state index contributed by atoms with van der Waals surface area (Å²) in [6, 6.07) is 49.8. The number of hydrogen-bond donors (Lipinski definition) is 0. The van der Waals surface area contributed by atoms with Crippen LogP contribution in [0.5, 0.6) is 0 Å². The Morgan fingerprint density at radius 3 is 1.65 bits per heavy atom. The van der Waals surface area contributed by atoms with Crippen LogP contribution < -0.4 is 0 Å². The van der Waals surface area contributed by atoms with Gasteiger partial charge in [0.25, 0.3) is 0 Å². The quantitative estimate of drug-likeness (QED) is 0.161. The van der Waals surface area contributed by atoms with Crippen LogP contribution in [0.25, 0.3) is 66.1 Å². The molecular formula is C54H48. The third-order valence-electron chi connectivity index (χ3n) is 15.4.